The minimum absolute atomic E-state index is 0.0373. The van der Waals surface area contributed by atoms with Gasteiger partial charge in [0.25, 0.3) is 0 Å². The Morgan fingerprint density at radius 2 is 1.46 bits per heavy atom. The zero-order valence-electron chi connectivity index (χ0n) is 14.4. The first-order chi connectivity index (χ1) is 12.5. The molecule has 0 fully saturated rings. The van der Waals surface area contributed by atoms with Gasteiger partial charge in [0.05, 0.1) is 5.69 Å². The Labute approximate surface area is 152 Å². The number of nitrogens with two attached hydrogens (primary N) is 3. The molecule has 2 aromatic carbocycles. The van der Waals surface area contributed by atoms with Crippen LogP contribution in [-0.4, -0.2) is 24.2 Å². The summed E-state index contributed by atoms with van der Waals surface area (Å²) < 4.78 is 0. The number of carbonyl (C=O) groups is 2. The molecule has 7 heteroatoms. The summed E-state index contributed by atoms with van der Waals surface area (Å²) in [5.74, 6) is -0.223. The highest BCUT2D eigenvalue weighted by Crippen LogP contribution is 2.17. The average molecular weight is 353 g/mol. The summed E-state index contributed by atoms with van der Waals surface area (Å²) in [5.41, 5.74) is 18.3. The lowest BCUT2D eigenvalue weighted by molar-refractivity contribution is -0.116. The second-order valence-electron chi connectivity index (χ2n) is 5.78. The van der Waals surface area contributed by atoms with Crippen LogP contribution in [-0.2, 0) is 4.79 Å². The standard InChI is InChI=1S/C19H23N5O2/c20-12-2-1-3-17(25)23-15-8-4-13(5-9-15)18(26)14-6-10-16(11-7-14)24-19(21)22/h4-11H,1-3,12,20H2,(H,23,25)(H4,21,22,24). The van der Waals surface area contributed by atoms with Gasteiger partial charge in [0, 0.05) is 23.2 Å². The van der Waals surface area contributed by atoms with Crippen LogP contribution in [0.4, 0.5) is 11.4 Å². The molecule has 0 aliphatic rings. The summed E-state index contributed by atoms with van der Waals surface area (Å²) in [6, 6.07) is 13.5. The van der Waals surface area contributed by atoms with Crippen LogP contribution in [0.3, 0.4) is 0 Å². The predicted octanol–water partition coefficient (Wildman–Crippen LogP) is 1.89. The van der Waals surface area contributed by atoms with E-state index in [0.717, 1.165) is 12.8 Å². The molecule has 0 heterocycles. The number of carbonyl (C=O) groups excluding carboxylic acids is 2. The van der Waals surface area contributed by atoms with E-state index < -0.39 is 0 Å². The SMILES string of the molecule is NCCCCC(=O)Nc1ccc(C(=O)c2ccc(N=C(N)N)cc2)cc1. The molecular weight excluding hydrogens is 330 g/mol. The first-order valence-electron chi connectivity index (χ1n) is 8.34. The topological polar surface area (TPSA) is 137 Å². The molecule has 7 nitrogen and oxygen atoms in total. The largest absolute Gasteiger partial charge is 0.370 e. The molecule has 0 bridgehead atoms. The van der Waals surface area contributed by atoms with E-state index in [4.69, 9.17) is 17.2 Å². The zero-order chi connectivity index (χ0) is 18.9. The van der Waals surface area contributed by atoms with Gasteiger partial charge in [-0.25, -0.2) is 4.99 Å². The molecule has 2 aromatic rings. The molecule has 0 saturated heterocycles. The van der Waals surface area contributed by atoms with Crippen molar-refractivity contribution >= 4 is 29.0 Å². The van der Waals surface area contributed by atoms with E-state index >= 15 is 0 Å². The van der Waals surface area contributed by atoms with Crippen LogP contribution in [0.5, 0.6) is 0 Å². The number of benzene rings is 2. The highest BCUT2D eigenvalue weighted by molar-refractivity contribution is 6.09. The third kappa shape index (κ3) is 5.71. The van der Waals surface area contributed by atoms with Crippen LogP contribution in [0.15, 0.2) is 53.5 Å². The fourth-order valence-corrected chi connectivity index (χ4v) is 2.36. The maximum absolute atomic E-state index is 12.5. The lowest BCUT2D eigenvalue weighted by Gasteiger charge is -2.07. The summed E-state index contributed by atoms with van der Waals surface area (Å²) in [4.78, 5) is 28.2. The molecule has 0 spiro atoms. The fourth-order valence-electron chi connectivity index (χ4n) is 2.36. The van der Waals surface area contributed by atoms with E-state index in [9.17, 15) is 9.59 Å². The number of anilines is 1. The number of guanidine groups is 1. The van der Waals surface area contributed by atoms with Crippen molar-refractivity contribution in [2.75, 3.05) is 11.9 Å². The van der Waals surface area contributed by atoms with Crippen LogP contribution >= 0.6 is 0 Å². The van der Waals surface area contributed by atoms with Crippen LogP contribution in [0.1, 0.15) is 35.2 Å². The first kappa shape index (κ1) is 19.1. The Balaban J connectivity index is 2.00. The third-order valence-corrected chi connectivity index (χ3v) is 3.68. The van der Waals surface area contributed by atoms with Gasteiger partial charge in [-0.1, -0.05) is 0 Å². The Morgan fingerprint density at radius 3 is 2.00 bits per heavy atom. The van der Waals surface area contributed by atoms with Crippen molar-refractivity contribution < 1.29 is 9.59 Å². The first-order valence-corrected chi connectivity index (χ1v) is 8.34. The van der Waals surface area contributed by atoms with Crippen molar-refractivity contribution in [1.29, 1.82) is 0 Å². The van der Waals surface area contributed by atoms with Gasteiger partial charge in [-0.3, -0.25) is 9.59 Å². The number of unbranched alkanes of at least 4 members (excludes halogenated alkanes) is 1. The van der Waals surface area contributed by atoms with Crippen molar-refractivity contribution in [1.82, 2.24) is 0 Å². The Morgan fingerprint density at radius 1 is 0.885 bits per heavy atom. The summed E-state index contributed by atoms with van der Waals surface area (Å²) in [7, 11) is 0. The summed E-state index contributed by atoms with van der Waals surface area (Å²) in [6.45, 7) is 0.580. The molecule has 0 aromatic heterocycles. The molecule has 0 unspecified atom stereocenters. The fraction of sp³-hybridized carbons (Fsp3) is 0.211. The molecule has 0 aliphatic carbocycles. The molecule has 2 rings (SSSR count). The van der Waals surface area contributed by atoms with E-state index in [1.807, 2.05) is 0 Å². The van der Waals surface area contributed by atoms with Crippen LogP contribution < -0.4 is 22.5 Å². The van der Waals surface area contributed by atoms with Gasteiger partial charge in [-0.15, -0.1) is 0 Å². The van der Waals surface area contributed by atoms with Gasteiger partial charge >= 0.3 is 0 Å². The van der Waals surface area contributed by atoms with Crippen LogP contribution in [0.2, 0.25) is 0 Å². The van der Waals surface area contributed by atoms with Gasteiger partial charge in [0.15, 0.2) is 11.7 Å². The molecular formula is C19H23N5O2. The second-order valence-corrected chi connectivity index (χ2v) is 5.78. The summed E-state index contributed by atoms with van der Waals surface area (Å²) in [5, 5.41) is 2.80. The monoisotopic (exact) mass is 353 g/mol. The Kier molecular flexibility index (Phi) is 6.87. The number of hydrogen-bond acceptors (Lipinski definition) is 4. The molecule has 0 saturated carbocycles. The van der Waals surface area contributed by atoms with E-state index in [2.05, 4.69) is 10.3 Å². The normalized spacial score (nSPS) is 10.2. The smallest absolute Gasteiger partial charge is 0.224 e. The van der Waals surface area contributed by atoms with E-state index in [-0.39, 0.29) is 17.6 Å². The van der Waals surface area contributed by atoms with Crippen molar-refractivity contribution in [2.45, 2.75) is 19.3 Å². The molecule has 0 aliphatic heterocycles. The van der Waals surface area contributed by atoms with E-state index in [0.29, 0.717) is 35.5 Å². The van der Waals surface area contributed by atoms with Crippen LogP contribution in [0, 0.1) is 0 Å². The molecule has 26 heavy (non-hydrogen) atoms. The summed E-state index contributed by atoms with van der Waals surface area (Å²) >= 11 is 0. The molecule has 0 radical (unpaired) electrons. The predicted molar refractivity (Wildman–Crippen MR) is 103 cm³/mol. The van der Waals surface area contributed by atoms with Crippen LogP contribution in [0.25, 0.3) is 0 Å². The maximum Gasteiger partial charge on any atom is 0.224 e. The molecule has 0 atom stereocenters. The van der Waals surface area contributed by atoms with Gasteiger partial charge in [-0.05, 0) is 67.9 Å². The zero-order valence-corrected chi connectivity index (χ0v) is 14.4. The lowest BCUT2D eigenvalue weighted by atomic mass is 10.0. The summed E-state index contributed by atoms with van der Waals surface area (Å²) in [6.07, 6.45) is 2.01. The number of nitrogens with one attached hydrogen (secondary N) is 1. The second kappa shape index (κ2) is 9.33. The minimum atomic E-state index is -0.123. The number of aliphatic imine (C=N–C) groups is 1. The number of hydrogen-bond donors (Lipinski definition) is 4. The minimum Gasteiger partial charge on any atom is -0.370 e. The van der Waals surface area contributed by atoms with E-state index in [1.54, 1.807) is 48.5 Å². The Hall–Kier alpha value is -3.19. The van der Waals surface area contributed by atoms with Gasteiger partial charge < -0.3 is 22.5 Å². The van der Waals surface area contributed by atoms with Gasteiger partial charge in [-0.2, -0.15) is 0 Å². The highest BCUT2D eigenvalue weighted by atomic mass is 16.1. The quantitative estimate of drug-likeness (QED) is 0.249. The number of amides is 1. The van der Waals surface area contributed by atoms with Crippen molar-refractivity contribution in [2.24, 2.45) is 22.2 Å². The number of rotatable bonds is 8. The Bertz CT molecular complexity index is 779. The van der Waals surface area contributed by atoms with Crippen molar-refractivity contribution in [3.05, 3.63) is 59.7 Å². The number of ketones is 1. The van der Waals surface area contributed by atoms with E-state index in [1.165, 1.54) is 0 Å². The lowest BCUT2D eigenvalue weighted by Crippen LogP contribution is -2.21. The highest BCUT2D eigenvalue weighted by Gasteiger charge is 2.09. The third-order valence-electron chi connectivity index (χ3n) is 3.68. The number of nitrogens with zero attached hydrogens (tertiary/aromatic N) is 1. The van der Waals surface area contributed by atoms with Crippen molar-refractivity contribution in [3.8, 4) is 0 Å². The molecule has 7 N–H and O–H groups in total. The molecule has 136 valence electrons. The van der Waals surface area contributed by atoms with Gasteiger partial charge in [0.2, 0.25) is 5.91 Å². The average Bonchev–Trinajstić information content (AvgIpc) is 2.62. The van der Waals surface area contributed by atoms with Gasteiger partial charge in [0.1, 0.15) is 0 Å². The molecule has 1 amide bonds. The van der Waals surface area contributed by atoms with Crippen molar-refractivity contribution in [3.63, 3.8) is 0 Å². The maximum atomic E-state index is 12.5.